The number of allylic oxidation sites excluding steroid dienone is 1. The van der Waals surface area contributed by atoms with Crippen molar-refractivity contribution in [3.63, 3.8) is 0 Å². The Morgan fingerprint density at radius 2 is 2.17 bits per heavy atom. The van der Waals surface area contributed by atoms with Gasteiger partial charge in [0, 0.05) is 22.2 Å². The maximum Gasteiger partial charge on any atom is 0.189 e. The zero-order chi connectivity index (χ0) is 17.1. The molecular weight excluding hydrogens is 332 g/mol. The second-order valence-electron chi connectivity index (χ2n) is 5.17. The van der Waals surface area contributed by atoms with Crippen LogP contribution < -0.4 is 9.47 Å². The van der Waals surface area contributed by atoms with Gasteiger partial charge in [-0.15, -0.1) is 0 Å². The number of benzene rings is 2. The summed E-state index contributed by atoms with van der Waals surface area (Å²) in [5.41, 5.74) is 1.70. The molecule has 0 saturated carbocycles. The number of aromatic hydroxyl groups is 1. The number of phenolic OH excluding ortho intramolecular Hbond substituents is 1. The quantitative estimate of drug-likeness (QED) is 0.673. The number of hydrogen-bond acceptors (Lipinski definition) is 5. The van der Waals surface area contributed by atoms with Crippen LogP contribution in [-0.2, 0) is 11.3 Å². The number of halogens is 1. The van der Waals surface area contributed by atoms with E-state index in [1.807, 2.05) is 0 Å². The van der Waals surface area contributed by atoms with Crippen LogP contribution in [0.15, 0.2) is 36.4 Å². The Morgan fingerprint density at radius 1 is 1.33 bits per heavy atom. The van der Waals surface area contributed by atoms with E-state index in [1.165, 1.54) is 25.3 Å². The molecule has 0 fully saturated rings. The summed E-state index contributed by atoms with van der Waals surface area (Å²) < 4.78 is 15.7. The third kappa shape index (κ3) is 3.37. The van der Waals surface area contributed by atoms with Gasteiger partial charge in [-0.1, -0.05) is 11.6 Å². The molecule has 2 aromatic rings. The minimum atomic E-state index is -0.337. The lowest BCUT2D eigenvalue weighted by molar-refractivity contribution is -0.0165. The van der Waals surface area contributed by atoms with E-state index in [0.717, 1.165) is 5.56 Å². The van der Waals surface area contributed by atoms with Gasteiger partial charge >= 0.3 is 0 Å². The van der Waals surface area contributed by atoms with Gasteiger partial charge in [-0.05, 0) is 36.4 Å². The minimum absolute atomic E-state index is 0.137. The normalized spacial score (nSPS) is 13.4. The molecule has 0 unspecified atom stereocenters. The van der Waals surface area contributed by atoms with Crippen LogP contribution in [0.5, 0.6) is 17.2 Å². The van der Waals surface area contributed by atoms with Crippen molar-refractivity contribution in [3.05, 3.63) is 58.1 Å². The second-order valence-corrected chi connectivity index (χ2v) is 5.61. The number of ketones is 1. The molecule has 1 heterocycles. The van der Waals surface area contributed by atoms with Crippen molar-refractivity contribution < 1.29 is 24.1 Å². The zero-order valence-corrected chi connectivity index (χ0v) is 13.7. The molecule has 1 aliphatic heterocycles. The van der Waals surface area contributed by atoms with Gasteiger partial charge in [-0.2, -0.15) is 0 Å². The second kappa shape index (κ2) is 6.95. The van der Waals surface area contributed by atoms with E-state index >= 15 is 0 Å². The number of methoxy groups -OCH3 is 1. The number of rotatable bonds is 4. The van der Waals surface area contributed by atoms with Crippen LogP contribution in [0.25, 0.3) is 6.08 Å². The first-order valence-corrected chi connectivity index (χ1v) is 7.58. The van der Waals surface area contributed by atoms with E-state index in [4.69, 9.17) is 25.8 Å². The van der Waals surface area contributed by atoms with Gasteiger partial charge in [0.05, 0.1) is 19.3 Å². The molecule has 24 heavy (non-hydrogen) atoms. The molecule has 124 valence electrons. The molecule has 6 heteroatoms. The summed E-state index contributed by atoms with van der Waals surface area (Å²) in [7, 11) is 1.49. The van der Waals surface area contributed by atoms with Crippen molar-refractivity contribution in [1.29, 1.82) is 0 Å². The molecule has 0 atom stereocenters. The molecule has 1 aliphatic rings. The summed E-state index contributed by atoms with van der Waals surface area (Å²) in [6.07, 6.45) is 2.98. The smallest absolute Gasteiger partial charge is 0.189 e. The first-order chi connectivity index (χ1) is 11.6. The van der Waals surface area contributed by atoms with Crippen molar-refractivity contribution in [3.8, 4) is 17.2 Å². The summed E-state index contributed by atoms with van der Waals surface area (Å²) in [6.45, 7) is 0.562. The predicted molar refractivity (Wildman–Crippen MR) is 89.8 cm³/mol. The fourth-order valence-corrected chi connectivity index (χ4v) is 2.68. The largest absolute Gasteiger partial charge is 0.507 e. The Kier molecular flexibility index (Phi) is 4.74. The Bertz CT molecular complexity index is 813. The summed E-state index contributed by atoms with van der Waals surface area (Å²) >= 11 is 6.09. The molecule has 0 aromatic heterocycles. The number of ether oxygens (including phenoxy) is 3. The first-order valence-electron chi connectivity index (χ1n) is 7.21. The molecule has 1 N–H and O–H groups in total. The average Bonchev–Trinajstić information content (AvgIpc) is 2.59. The van der Waals surface area contributed by atoms with Crippen LogP contribution in [0.4, 0.5) is 0 Å². The Morgan fingerprint density at radius 3 is 2.92 bits per heavy atom. The fourth-order valence-electron chi connectivity index (χ4n) is 2.43. The van der Waals surface area contributed by atoms with E-state index in [2.05, 4.69) is 0 Å². The van der Waals surface area contributed by atoms with Gasteiger partial charge in [0.2, 0.25) is 0 Å². The monoisotopic (exact) mass is 346 g/mol. The summed E-state index contributed by atoms with van der Waals surface area (Å²) in [6, 6.07) is 8.00. The van der Waals surface area contributed by atoms with Crippen LogP contribution in [0, 0.1) is 0 Å². The molecule has 0 radical (unpaired) electrons. The Balaban J connectivity index is 1.88. The van der Waals surface area contributed by atoms with Gasteiger partial charge in [-0.25, -0.2) is 0 Å². The standard InChI is InChI=1S/C18H15ClO5/c1-22-14-3-4-15(17(21)8-14)16(20)5-2-11-6-13(19)7-12-9-23-10-24-18(11)12/h2-8,21H,9-10H2,1H3. The van der Waals surface area contributed by atoms with Crippen LogP contribution in [-0.4, -0.2) is 24.8 Å². The topological polar surface area (TPSA) is 65.0 Å². The number of phenols is 1. The first kappa shape index (κ1) is 16.4. The van der Waals surface area contributed by atoms with E-state index < -0.39 is 0 Å². The van der Waals surface area contributed by atoms with Gasteiger partial charge in [-0.3, -0.25) is 4.79 Å². The van der Waals surface area contributed by atoms with Gasteiger partial charge in [0.25, 0.3) is 0 Å². The summed E-state index contributed by atoms with van der Waals surface area (Å²) in [4.78, 5) is 12.3. The SMILES string of the molecule is COc1ccc(C(=O)C=Cc2cc(Cl)cc3c2OCOC3)c(O)c1. The lowest BCUT2D eigenvalue weighted by Crippen LogP contribution is -2.12. The predicted octanol–water partition coefficient (Wildman–Crippen LogP) is 3.82. The number of carbonyl (C=O) groups excluding carboxylic acids is 1. The Hall–Kier alpha value is -2.50. The molecule has 0 saturated heterocycles. The van der Waals surface area contributed by atoms with Crippen LogP contribution in [0.3, 0.4) is 0 Å². The van der Waals surface area contributed by atoms with Crippen molar-refractivity contribution in [2.24, 2.45) is 0 Å². The number of carbonyl (C=O) groups is 1. The average molecular weight is 347 g/mol. The highest BCUT2D eigenvalue weighted by atomic mass is 35.5. The molecular formula is C18H15ClO5. The third-order valence-electron chi connectivity index (χ3n) is 3.59. The molecule has 3 rings (SSSR count). The zero-order valence-electron chi connectivity index (χ0n) is 12.9. The van der Waals surface area contributed by atoms with E-state index in [-0.39, 0.29) is 23.9 Å². The van der Waals surface area contributed by atoms with Gasteiger partial charge < -0.3 is 19.3 Å². The number of hydrogen-bond donors (Lipinski definition) is 1. The molecule has 5 nitrogen and oxygen atoms in total. The van der Waals surface area contributed by atoms with Crippen LogP contribution in [0.2, 0.25) is 5.02 Å². The van der Waals surface area contributed by atoms with Crippen molar-refractivity contribution >= 4 is 23.5 Å². The highest BCUT2D eigenvalue weighted by molar-refractivity contribution is 6.30. The third-order valence-corrected chi connectivity index (χ3v) is 3.81. The molecule has 0 amide bonds. The van der Waals surface area contributed by atoms with Crippen molar-refractivity contribution in [1.82, 2.24) is 0 Å². The molecule has 0 aliphatic carbocycles. The lowest BCUT2D eigenvalue weighted by atomic mass is 10.1. The molecule has 2 aromatic carbocycles. The summed E-state index contributed by atoms with van der Waals surface area (Å²) in [5.74, 6) is 0.650. The maximum atomic E-state index is 12.3. The molecule has 0 spiro atoms. The highest BCUT2D eigenvalue weighted by Gasteiger charge is 2.16. The fraction of sp³-hybridized carbons (Fsp3) is 0.167. The maximum absolute atomic E-state index is 12.3. The van der Waals surface area contributed by atoms with E-state index in [9.17, 15) is 9.90 Å². The number of fused-ring (bicyclic) bond motifs is 1. The van der Waals surface area contributed by atoms with Crippen molar-refractivity contribution in [2.45, 2.75) is 6.61 Å². The van der Waals surface area contributed by atoms with E-state index in [0.29, 0.717) is 28.7 Å². The van der Waals surface area contributed by atoms with E-state index in [1.54, 1.807) is 24.3 Å². The van der Waals surface area contributed by atoms with Crippen LogP contribution >= 0.6 is 11.6 Å². The Labute approximate surface area is 144 Å². The lowest BCUT2D eigenvalue weighted by Gasteiger charge is -2.19. The molecule has 0 bridgehead atoms. The van der Waals surface area contributed by atoms with Gasteiger partial charge in [0.1, 0.15) is 17.2 Å². The summed E-state index contributed by atoms with van der Waals surface area (Å²) in [5, 5.41) is 10.5. The van der Waals surface area contributed by atoms with Crippen molar-refractivity contribution in [2.75, 3.05) is 13.9 Å². The highest BCUT2D eigenvalue weighted by Crippen LogP contribution is 2.32. The van der Waals surface area contributed by atoms with Gasteiger partial charge in [0.15, 0.2) is 12.6 Å². The minimum Gasteiger partial charge on any atom is -0.507 e. The van der Waals surface area contributed by atoms with Crippen LogP contribution in [0.1, 0.15) is 21.5 Å².